The summed E-state index contributed by atoms with van der Waals surface area (Å²) in [6, 6.07) is 31.6. The van der Waals surface area contributed by atoms with Crippen LogP contribution in [-0.4, -0.2) is 4.57 Å². The molecule has 0 bridgehead atoms. The van der Waals surface area contributed by atoms with Gasteiger partial charge in [-0.1, -0.05) is 98.2 Å². The molecular formula is C32H26BrN. The Bertz CT molecular complexity index is 1660. The molecule has 0 aliphatic heterocycles. The van der Waals surface area contributed by atoms with E-state index >= 15 is 0 Å². The molecule has 1 nitrogen and oxygen atoms in total. The summed E-state index contributed by atoms with van der Waals surface area (Å²) in [6.07, 6.45) is 0. The maximum Gasteiger partial charge on any atom is 0.0585 e. The summed E-state index contributed by atoms with van der Waals surface area (Å²) in [4.78, 5) is 0. The molecule has 0 unspecified atom stereocenters. The second-order valence-electron chi connectivity index (χ2n) is 10.8. The zero-order valence-electron chi connectivity index (χ0n) is 19.9. The lowest BCUT2D eigenvalue weighted by molar-refractivity contribution is 0.659. The summed E-state index contributed by atoms with van der Waals surface area (Å²) < 4.78 is 3.63. The van der Waals surface area contributed by atoms with Gasteiger partial charge < -0.3 is 4.57 Å². The summed E-state index contributed by atoms with van der Waals surface area (Å²) >= 11 is 3.74. The van der Waals surface area contributed by atoms with Crippen molar-refractivity contribution in [2.45, 2.75) is 38.5 Å². The van der Waals surface area contributed by atoms with E-state index in [4.69, 9.17) is 0 Å². The predicted molar refractivity (Wildman–Crippen MR) is 146 cm³/mol. The van der Waals surface area contributed by atoms with Crippen LogP contribution in [0.3, 0.4) is 0 Å². The van der Waals surface area contributed by atoms with Gasteiger partial charge in [-0.3, -0.25) is 0 Å². The standard InChI is InChI=1S/C32H26BrN/c1-31(2)25-11-7-5-9-21(25)22-15-14-20(18-27(22)31)34-28-12-8-6-10-23(28)29-30(34)24-17-19(33)13-16-26(24)32(29,3)4/h5-18H,1-4H3. The van der Waals surface area contributed by atoms with Crippen LogP contribution in [0.15, 0.2) is 89.4 Å². The van der Waals surface area contributed by atoms with Gasteiger partial charge in [0.2, 0.25) is 0 Å². The molecule has 0 amide bonds. The Morgan fingerprint density at radius 1 is 0.618 bits per heavy atom. The molecule has 0 saturated heterocycles. The monoisotopic (exact) mass is 503 g/mol. The topological polar surface area (TPSA) is 4.93 Å². The van der Waals surface area contributed by atoms with Crippen LogP contribution in [0.4, 0.5) is 0 Å². The highest BCUT2D eigenvalue weighted by Gasteiger charge is 2.41. The molecular weight excluding hydrogens is 478 g/mol. The first-order valence-electron chi connectivity index (χ1n) is 12.0. The zero-order valence-corrected chi connectivity index (χ0v) is 21.5. The lowest BCUT2D eigenvalue weighted by atomic mass is 9.81. The van der Waals surface area contributed by atoms with Gasteiger partial charge in [0.05, 0.1) is 11.2 Å². The van der Waals surface area contributed by atoms with Gasteiger partial charge in [-0.25, -0.2) is 0 Å². The first kappa shape index (κ1) is 20.3. The molecule has 0 N–H and O–H groups in total. The number of aromatic nitrogens is 1. The molecule has 0 spiro atoms. The number of fused-ring (bicyclic) bond motifs is 8. The molecule has 7 rings (SSSR count). The van der Waals surface area contributed by atoms with Crippen LogP contribution in [0.1, 0.15) is 49.9 Å². The lowest BCUT2D eigenvalue weighted by Crippen LogP contribution is -2.15. The number of halogens is 1. The van der Waals surface area contributed by atoms with Gasteiger partial charge in [0.25, 0.3) is 0 Å². The number of hydrogen-bond acceptors (Lipinski definition) is 0. The van der Waals surface area contributed by atoms with Crippen LogP contribution in [-0.2, 0) is 10.8 Å². The van der Waals surface area contributed by atoms with Crippen molar-refractivity contribution < 1.29 is 0 Å². The molecule has 1 aromatic heterocycles. The fraction of sp³-hybridized carbons (Fsp3) is 0.188. The molecule has 0 atom stereocenters. The average Bonchev–Trinajstić information content (AvgIpc) is 3.37. The van der Waals surface area contributed by atoms with E-state index in [1.54, 1.807) is 0 Å². The van der Waals surface area contributed by atoms with Gasteiger partial charge in [-0.05, 0) is 63.7 Å². The normalized spacial score (nSPS) is 16.3. The van der Waals surface area contributed by atoms with Crippen LogP contribution in [0, 0.1) is 0 Å². The highest BCUT2D eigenvalue weighted by atomic mass is 79.9. The molecule has 4 aromatic carbocycles. The van der Waals surface area contributed by atoms with Gasteiger partial charge in [-0.15, -0.1) is 0 Å². The molecule has 0 saturated carbocycles. The van der Waals surface area contributed by atoms with Crippen molar-refractivity contribution in [1.82, 2.24) is 4.57 Å². The minimum atomic E-state index is -0.0531. The van der Waals surface area contributed by atoms with Gasteiger partial charge in [0.15, 0.2) is 0 Å². The molecule has 2 heteroatoms. The first-order chi connectivity index (χ1) is 16.3. The van der Waals surface area contributed by atoms with Crippen LogP contribution in [0.25, 0.3) is 39.0 Å². The summed E-state index contributed by atoms with van der Waals surface area (Å²) in [5.41, 5.74) is 13.5. The smallest absolute Gasteiger partial charge is 0.0585 e. The van der Waals surface area contributed by atoms with Crippen molar-refractivity contribution in [2.24, 2.45) is 0 Å². The predicted octanol–water partition coefficient (Wildman–Crippen LogP) is 9.01. The van der Waals surface area contributed by atoms with Crippen molar-refractivity contribution in [3.05, 3.63) is 112 Å². The fourth-order valence-electron chi connectivity index (χ4n) is 6.62. The van der Waals surface area contributed by atoms with Crippen molar-refractivity contribution in [1.29, 1.82) is 0 Å². The largest absolute Gasteiger partial charge is 0.309 e. The van der Waals surface area contributed by atoms with E-state index in [-0.39, 0.29) is 10.8 Å². The van der Waals surface area contributed by atoms with Gasteiger partial charge in [0.1, 0.15) is 0 Å². The van der Waals surface area contributed by atoms with Crippen LogP contribution >= 0.6 is 15.9 Å². The number of hydrogen-bond donors (Lipinski definition) is 0. The summed E-state index contributed by atoms with van der Waals surface area (Å²) in [6.45, 7) is 9.44. The number of nitrogens with zero attached hydrogens (tertiary/aromatic N) is 1. The van der Waals surface area contributed by atoms with E-state index in [2.05, 4.69) is 133 Å². The van der Waals surface area contributed by atoms with Gasteiger partial charge in [-0.2, -0.15) is 0 Å². The van der Waals surface area contributed by atoms with Crippen molar-refractivity contribution in [3.8, 4) is 28.1 Å². The molecule has 2 aliphatic carbocycles. The minimum Gasteiger partial charge on any atom is -0.309 e. The van der Waals surface area contributed by atoms with Crippen molar-refractivity contribution >= 4 is 26.8 Å². The Hall–Kier alpha value is -3.10. The summed E-state index contributed by atoms with van der Waals surface area (Å²) in [7, 11) is 0. The van der Waals surface area contributed by atoms with E-state index < -0.39 is 0 Å². The van der Waals surface area contributed by atoms with Crippen molar-refractivity contribution in [3.63, 3.8) is 0 Å². The number of rotatable bonds is 1. The minimum absolute atomic E-state index is 0.0196. The quantitative estimate of drug-likeness (QED) is 0.215. The fourth-order valence-corrected chi connectivity index (χ4v) is 6.98. The van der Waals surface area contributed by atoms with E-state index in [0.717, 1.165) is 4.47 Å². The Labute approximate surface area is 209 Å². The van der Waals surface area contributed by atoms with E-state index in [9.17, 15) is 0 Å². The zero-order chi connectivity index (χ0) is 23.4. The maximum absolute atomic E-state index is 3.74. The highest BCUT2D eigenvalue weighted by molar-refractivity contribution is 9.10. The second-order valence-corrected chi connectivity index (χ2v) is 11.7. The third-order valence-electron chi connectivity index (χ3n) is 8.24. The average molecular weight is 504 g/mol. The Kier molecular flexibility index (Phi) is 3.89. The van der Waals surface area contributed by atoms with Crippen LogP contribution in [0.5, 0.6) is 0 Å². The SMILES string of the molecule is CC1(C)c2ccccc2-c2ccc(-n3c4c(c5ccccc53)C(C)(C)c3ccc(Br)cc3-4)cc21. The Balaban J connectivity index is 1.57. The molecule has 1 heterocycles. The van der Waals surface area contributed by atoms with Gasteiger partial charge in [0, 0.05) is 31.9 Å². The van der Waals surface area contributed by atoms with E-state index in [1.165, 1.54) is 61.2 Å². The maximum atomic E-state index is 3.74. The van der Waals surface area contributed by atoms with Crippen LogP contribution in [0.2, 0.25) is 0 Å². The molecule has 0 radical (unpaired) electrons. The molecule has 166 valence electrons. The third kappa shape index (κ3) is 2.40. The summed E-state index contributed by atoms with van der Waals surface area (Å²) in [5, 5.41) is 1.35. The first-order valence-corrected chi connectivity index (χ1v) is 12.8. The molecule has 0 fully saturated rings. The molecule has 2 aliphatic rings. The third-order valence-corrected chi connectivity index (χ3v) is 8.73. The van der Waals surface area contributed by atoms with E-state index in [1.807, 2.05) is 0 Å². The highest BCUT2D eigenvalue weighted by Crippen LogP contribution is 2.55. The second kappa shape index (κ2) is 6.52. The van der Waals surface area contributed by atoms with Crippen molar-refractivity contribution in [2.75, 3.05) is 0 Å². The Morgan fingerprint density at radius 2 is 1.32 bits per heavy atom. The Morgan fingerprint density at radius 3 is 2.18 bits per heavy atom. The molecule has 34 heavy (non-hydrogen) atoms. The lowest BCUT2D eigenvalue weighted by Gasteiger charge is -2.22. The molecule has 5 aromatic rings. The van der Waals surface area contributed by atoms with Gasteiger partial charge >= 0.3 is 0 Å². The van der Waals surface area contributed by atoms with Crippen LogP contribution < -0.4 is 0 Å². The summed E-state index contributed by atoms with van der Waals surface area (Å²) in [5.74, 6) is 0. The van der Waals surface area contributed by atoms with E-state index in [0.29, 0.717) is 0 Å². The number of para-hydroxylation sites is 1. The number of benzene rings is 4.